The summed E-state index contributed by atoms with van der Waals surface area (Å²) < 4.78 is 12.2. The van der Waals surface area contributed by atoms with Crippen molar-refractivity contribution < 1.29 is 9.00 Å². The monoisotopic (exact) mass is 274 g/mol. The molecule has 5 heteroatoms. The number of carbonyl (C=O) groups excluding carboxylic acids is 1. The van der Waals surface area contributed by atoms with Crippen LogP contribution in [0.5, 0.6) is 0 Å². The zero-order valence-corrected chi connectivity index (χ0v) is 11.0. The number of nitrogens with one attached hydrogen (secondary N) is 1. The Morgan fingerprint density at radius 2 is 1.58 bits per heavy atom. The summed E-state index contributed by atoms with van der Waals surface area (Å²) in [5.74, 6) is -0.253. The molecule has 1 atom stereocenters. The molecule has 1 unspecified atom stereocenters. The van der Waals surface area contributed by atoms with Gasteiger partial charge in [0.2, 0.25) is 5.91 Å². The fraction of sp³-hybridized carbons (Fsp3) is 0.0714. The van der Waals surface area contributed by atoms with Crippen molar-refractivity contribution in [3.63, 3.8) is 0 Å². The molecule has 0 aliphatic rings. The molecule has 0 heterocycles. The maximum atomic E-state index is 12.2. The summed E-state index contributed by atoms with van der Waals surface area (Å²) in [7, 11) is -1.21. The molecule has 0 bridgehead atoms. The number of amides is 1. The minimum Gasteiger partial charge on any atom is -0.325 e. The van der Waals surface area contributed by atoms with Gasteiger partial charge in [0.15, 0.2) is 0 Å². The Balaban J connectivity index is 2.15. The molecule has 0 aromatic heterocycles. The number of rotatable bonds is 4. The molecule has 1 amide bonds. The van der Waals surface area contributed by atoms with Gasteiger partial charge in [0, 0.05) is 15.5 Å². The summed E-state index contributed by atoms with van der Waals surface area (Å²) in [6.45, 7) is -0.0578. The average molecular weight is 274 g/mol. The number of anilines is 1. The maximum Gasteiger partial charge on any atom is 0.238 e. The van der Waals surface area contributed by atoms with Crippen LogP contribution in [0.4, 0.5) is 5.69 Å². The Bertz CT molecular complexity index is 582. The van der Waals surface area contributed by atoms with Crippen LogP contribution in [0, 0.1) is 0 Å². The van der Waals surface area contributed by atoms with Crippen molar-refractivity contribution in [2.24, 2.45) is 5.73 Å². The average Bonchev–Trinajstić information content (AvgIpc) is 2.48. The number of hydrogen-bond donors (Lipinski definition) is 2. The predicted octanol–water partition coefficient (Wildman–Crippen LogP) is 1.75. The highest BCUT2D eigenvalue weighted by Crippen LogP contribution is 2.18. The van der Waals surface area contributed by atoms with Crippen molar-refractivity contribution >= 4 is 22.4 Å². The fourth-order valence-electron chi connectivity index (χ4n) is 1.55. The first-order valence-electron chi connectivity index (χ1n) is 5.77. The summed E-state index contributed by atoms with van der Waals surface area (Å²) in [5, 5.41) is 2.63. The van der Waals surface area contributed by atoms with Gasteiger partial charge in [0.05, 0.1) is 17.3 Å². The van der Waals surface area contributed by atoms with Gasteiger partial charge in [-0.15, -0.1) is 0 Å². The van der Waals surface area contributed by atoms with E-state index in [1.165, 1.54) is 0 Å². The van der Waals surface area contributed by atoms with E-state index >= 15 is 0 Å². The number of nitrogens with two attached hydrogens (primary N) is 1. The van der Waals surface area contributed by atoms with E-state index in [0.29, 0.717) is 10.6 Å². The molecule has 98 valence electrons. The summed E-state index contributed by atoms with van der Waals surface area (Å²) in [4.78, 5) is 12.6. The largest absolute Gasteiger partial charge is 0.325 e. The molecule has 2 aromatic rings. The number of carbonyl (C=O) groups is 1. The predicted molar refractivity (Wildman–Crippen MR) is 75.2 cm³/mol. The molecule has 19 heavy (non-hydrogen) atoms. The molecule has 0 aliphatic heterocycles. The van der Waals surface area contributed by atoms with Crippen LogP contribution < -0.4 is 11.1 Å². The van der Waals surface area contributed by atoms with Gasteiger partial charge in [0.1, 0.15) is 0 Å². The van der Waals surface area contributed by atoms with E-state index in [2.05, 4.69) is 5.32 Å². The topological polar surface area (TPSA) is 72.2 Å². The minimum atomic E-state index is -1.21. The summed E-state index contributed by atoms with van der Waals surface area (Å²) >= 11 is 0. The van der Waals surface area contributed by atoms with Crippen LogP contribution in [0.2, 0.25) is 0 Å². The molecular formula is C14H14N2O2S. The van der Waals surface area contributed by atoms with Crippen LogP contribution in [-0.4, -0.2) is 16.7 Å². The first-order chi connectivity index (χ1) is 9.20. The van der Waals surface area contributed by atoms with Gasteiger partial charge in [-0.2, -0.15) is 0 Å². The molecule has 2 rings (SSSR count). The van der Waals surface area contributed by atoms with Crippen LogP contribution in [-0.2, 0) is 15.6 Å². The van der Waals surface area contributed by atoms with Gasteiger partial charge in [0.25, 0.3) is 0 Å². The zero-order chi connectivity index (χ0) is 13.7. The molecule has 0 saturated carbocycles. The molecule has 0 fully saturated rings. The van der Waals surface area contributed by atoms with E-state index in [-0.39, 0.29) is 12.5 Å². The van der Waals surface area contributed by atoms with Crippen LogP contribution >= 0.6 is 0 Å². The molecule has 0 spiro atoms. The van der Waals surface area contributed by atoms with E-state index in [4.69, 9.17) is 5.73 Å². The highest BCUT2D eigenvalue weighted by molar-refractivity contribution is 7.85. The quantitative estimate of drug-likeness (QED) is 0.892. The third-order valence-electron chi connectivity index (χ3n) is 2.49. The molecular weight excluding hydrogens is 260 g/mol. The van der Waals surface area contributed by atoms with E-state index in [9.17, 15) is 9.00 Å². The lowest BCUT2D eigenvalue weighted by Crippen LogP contribution is -2.21. The van der Waals surface area contributed by atoms with Crippen molar-refractivity contribution in [2.45, 2.75) is 9.79 Å². The molecule has 4 nitrogen and oxygen atoms in total. The second kappa shape index (κ2) is 6.26. The molecule has 0 saturated heterocycles. The minimum absolute atomic E-state index is 0.0578. The van der Waals surface area contributed by atoms with E-state index in [0.717, 1.165) is 4.90 Å². The molecule has 0 aliphatic carbocycles. The van der Waals surface area contributed by atoms with Gasteiger partial charge in [-0.25, -0.2) is 4.21 Å². The number of hydrogen-bond acceptors (Lipinski definition) is 3. The van der Waals surface area contributed by atoms with Gasteiger partial charge >= 0.3 is 0 Å². The summed E-state index contributed by atoms with van der Waals surface area (Å²) in [6, 6.07) is 16.1. The van der Waals surface area contributed by atoms with Crippen LogP contribution in [0.1, 0.15) is 0 Å². The SMILES string of the molecule is NCC(=O)Nc1ccc(S(=O)c2ccccc2)cc1. The second-order valence-corrected chi connectivity index (χ2v) is 5.34. The van der Waals surface area contributed by atoms with Gasteiger partial charge in [-0.05, 0) is 36.4 Å². The van der Waals surface area contributed by atoms with Crippen molar-refractivity contribution in [1.82, 2.24) is 0 Å². The first-order valence-corrected chi connectivity index (χ1v) is 6.92. The van der Waals surface area contributed by atoms with Gasteiger partial charge in [-0.1, -0.05) is 18.2 Å². The fourth-order valence-corrected chi connectivity index (χ4v) is 2.61. The Labute approximate surface area is 114 Å². The van der Waals surface area contributed by atoms with Crippen LogP contribution in [0.15, 0.2) is 64.4 Å². The summed E-state index contributed by atoms with van der Waals surface area (Å²) in [6.07, 6.45) is 0. The first kappa shape index (κ1) is 13.5. The van der Waals surface area contributed by atoms with Gasteiger partial charge < -0.3 is 11.1 Å². The Kier molecular flexibility index (Phi) is 4.43. The van der Waals surface area contributed by atoms with Crippen molar-refractivity contribution in [2.75, 3.05) is 11.9 Å². The second-order valence-electron chi connectivity index (χ2n) is 3.86. The van der Waals surface area contributed by atoms with Gasteiger partial charge in [-0.3, -0.25) is 4.79 Å². The van der Waals surface area contributed by atoms with Crippen molar-refractivity contribution in [1.29, 1.82) is 0 Å². The Hall–Kier alpha value is -1.98. The zero-order valence-electron chi connectivity index (χ0n) is 10.2. The van der Waals surface area contributed by atoms with Crippen molar-refractivity contribution in [3.05, 3.63) is 54.6 Å². The van der Waals surface area contributed by atoms with E-state index in [1.54, 1.807) is 24.3 Å². The lowest BCUT2D eigenvalue weighted by molar-refractivity contribution is -0.114. The molecule has 3 N–H and O–H groups in total. The molecule has 0 radical (unpaired) electrons. The van der Waals surface area contributed by atoms with Crippen LogP contribution in [0.3, 0.4) is 0 Å². The normalized spacial score (nSPS) is 11.8. The third-order valence-corrected chi connectivity index (χ3v) is 3.90. The maximum absolute atomic E-state index is 12.2. The highest BCUT2D eigenvalue weighted by Gasteiger charge is 2.06. The Morgan fingerprint density at radius 1 is 1.00 bits per heavy atom. The highest BCUT2D eigenvalue weighted by atomic mass is 32.2. The van der Waals surface area contributed by atoms with Crippen LogP contribution in [0.25, 0.3) is 0 Å². The smallest absolute Gasteiger partial charge is 0.238 e. The van der Waals surface area contributed by atoms with E-state index < -0.39 is 10.8 Å². The molecule has 2 aromatic carbocycles. The number of benzene rings is 2. The summed E-state index contributed by atoms with van der Waals surface area (Å²) in [5.41, 5.74) is 5.86. The van der Waals surface area contributed by atoms with Crippen molar-refractivity contribution in [3.8, 4) is 0 Å². The standard InChI is InChI=1S/C14H14N2O2S/c15-10-14(17)16-11-6-8-13(9-7-11)19(18)12-4-2-1-3-5-12/h1-9H,10,15H2,(H,16,17). The lowest BCUT2D eigenvalue weighted by Gasteiger charge is -2.05. The Morgan fingerprint density at radius 3 is 2.16 bits per heavy atom. The third kappa shape index (κ3) is 3.49. The van der Waals surface area contributed by atoms with E-state index in [1.807, 2.05) is 30.3 Å². The lowest BCUT2D eigenvalue weighted by atomic mass is 10.3.